The first-order valence-corrected chi connectivity index (χ1v) is 14.7. The van der Waals surface area contributed by atoms with Crippen molar-refractivity contribution in [3.05, 3.63) is 68.5 Å². The molecular formula is C28H39N2O9P. The predicted octanol–water partition coefficient (Wildman–Crippen LogP) is 4.88. The molecule has 0 unspecified atom stereocenters. The summed E-state index contributed by atoms with van der Waals surface area (Å²) in [7, 11) is -4.04. The van der Waals surface area contributed by atoms with Gasteiger partial charge in [0, 0.05) is 6.20 Å². The van der Waals surface area contributed by atoms with Crippen LogP contribution in [-0.2, 0) is 32.3 Å². The quantitative estimate of drug-likeness (QED) is 0.436. The Morgan fingerprint density at radius 3 is 2.17 bits per heavy atom. The molecule has 220 valence electrons. The number of rotatable bonds is 8. The lowest BCUT2D eigenvalue weighted by atomic mass is 10.1. The number of hydrogen-bond acceptors (Lipinski definition) is 9. The van der Waals surface area contributed by atoms with E-state index >= 15 is 0 Å². The van der Waals surface area contributed by atoms with Crippen LogP contribution in [0.15, 0.2) is 46.1 Å². The lowest BCUT2D eigenvalue weighted by Crippen LogP contribution is -2.38. The van der Waals surface area contributed by atoms with Crippen molar-refractivity contribution in [1.82, 2.24) is 9.55 Å². The van der Waals surface area contributed by atoms with Crippen molar-refractivity contribution in [2.45, 2.75) is 96.9 Å². The third kappa shape index (κ3) is 7.67. The highest BCUT2D eigenvalue weighted by atomic mass is 31.2. The van der Waals surface area contributed by atoms with E-state index in [0.29, 0.717) is 0 Å². The van der Waals surface area contributed by atoms with Crippen molar-refractivity contribution < 1.29 is 32.3 Å². The van der Waals surface area contributed by atoms with Crippen molar-refractivity contribution >= 4 is 20.0 Å². The smallest absolute Gasteiger partial charge is 0.346 e. The number of hydrogen-bond donors (Lipinski definition) is 1. The Bertz CT molecular complexity index is 1370. The summed E-state index contributed by atoms with van der Waals surface area (Å²) in [4.78, 5) is 27.9. The molecule has 0 amide bonds. The Labute approximate surface area is 234 Å². The summed E-state index contributed by atoms with van der Waals surface area (Å²) >= 11 is 0. The molecule has 2 saturated heterocycles. The number of aromatic nitrogens is 2. The van der Waals surface area contributed by atoms with E-state index in [4.69, 9.17) is 27.8 Å². The van der Waals surface area contributed by atoms with Gasteiger partial charge in [-0.05, 0) is 67.0 Å². The maximum atomic E-state index is 13.6. The molecule has 2 aromatic rings. The van der Waals surface area contributed by atoms with Gasteiger partial charge in [0.2, 0.25) is 0 Å². The number of fused-ring (bicyclic) bond motifs is 1. The van der Waals surface area contributed by atoms with Crippen molar-refractivity contribution in [2.75, 3.05) is 6.61 Å². The number of ether oxygens (including phenoxy) is 3. The van der Waals surface area contributed by atoms with Gasteiger partial charge in [0.25, 0.3) is 5.56 Å². The lowest BCUT2D eigenvalue weighted by molar-refractivity contribution is -0.200. The van der Waals surface area contributed by atoms with Gasteiger partial charge in [0.15, 0.2) is 12.0 Å². The Morgan fingerprint density at radius 2 is 1.57 bits per heavy atom. The average Bonchev–Trinajstić information content (AvgIpc) is 3.28. The number of phosphoric acid groups is 1. The van der Waals surface area contributed by atoms with Crippen LogP contribution in [-0.4, -0.2) is 51.5 Å². The van der Waals surface area contributed by atoms with Crippen molar-refractivity contribution in [1.29, 1.82) is 0 Å². The summed E-state index contributed by atoms with van der Waals surface area (Å²) in [6, 6.07) is 9.46. The van der Waals surface area contributed by atoms with E-state index in [0.717, 1.165) is 5.56 Å². The molecule has 4 atom stereocenters. The maximum absolute atomic E-state index is 13.6. The number of nitrogens with zero attached hydrogens (tertiary/aromatic N) is 1. The minimum absolute atomic E-state index is 0.223. The number of nitrogens with one attached hydrogen (secondary N) is 1. The van der Waals surface area contributed by atoms with Crippen LogP contribution in [0.2, 0.25) is 0 Å². The van der Waals surface area contributed by atoms with Crippen LogP contribution in [0.1, 0.15) is 72.7 Å². The second-order valence-electron chi connectivity index (χ2n) is 12.3. The number of aromatic amines is 1. The third-order valence-electron chi connectivity index (χ3n) is 5.82. The van der Waals surface area contributed by atoms with Crippen LogP contribution in [0.25, 0.3) is 12.2 Å². The topological polar surface area (TPSA) is 127 Å². The van der Waals surface area contributed by atoms with Gasteiger partial charge < -0.3 is 14.2 Å². The van der Waals surface area contributed by atoms with Crippen LogP contribution in [0.3, 0.4) is 0 Å². The van der Waals surface area contributed by atoms with Gasteiger partial charge in [-0.3, -0.25) is 27.9 Å². The Hall–Kier alpha value is -2.37. The monoisotopic (exact) mass is 578 g/mol. The summed E-state index contributed by atoms with van der Waals surface area (Å²) in [6.07, 6.45) is 1.69. The molecule has 2 fully saturated rings. The van der Waals surface area contributed by atoms with Crippen LogP contribution in [0.4, 0.5) is 0 Å². The lowest BCUT2D eigenvalue weighted by Gasteiger charge is -2.32. The first-order chi connectivity index (χ1) is 18.4. The molecule has 3 heterocycles. The SMILES string of the molecule is CC(C)(C)OP(=O)(OC[C@H]1O[C@@H](n2cc(C=Cc3ccccc3)c(=O)[nH]c2=O)[C@@H]2OC(C)(C)O[C@@H]21)OC(C)(C)C. The van der Waals surface area contributed by atoms with Gasteiger partial charge >= 0.3 is 13.5 Å². The van der Waals surface area contributed by atoms with Crippen molar-refractivity contribution in [3.8, 4) is 0 Å². The largest absolute Gasteiger partial charge is 0.475 e. The molecule has 0 spiro atoms. The maximum Gasteiger partial charge on any atom is 0.475 e. The van der Waals surface area contributed by atoms with Gasteiger partial charge in [-0.25, -0.2) is 9.36 Å². The van der Waals surface area contributed by atoms with E-state index in [1.54, 1.807) is 67.5 Å². The van der Waals surface area contributed by atoms with E-state index in [9.17, 15) is 14.2 Å². The van der Waals surface area contributed by atoms with E-state index < -0.39 is 60.6 Å². The van der Waals surface area contributed by atoms with Crippen LogP contribution < -0.4 is 11.2 Å². The van der Waals surface area contributed by atoms with E-state index in [-0.39, 0.29) is 12.2 Å². The highest BCUT2D eigenvalue weighted by molar-refractivity contribution is 7.48. The molecule has 0 bridgehead atoms. The minimum Gasteiger partial charge on any atom is -0.346 e. The summed E-state index contributed by atoms with van der Waals surface area (Å²) in [5.41, 5.74) is -1.69. The van der Waals surface area contributed by atoms with Gasteiger partial charge in [-0.1, -0.05) is 36.4 Å². The standard InChI is InChI=1S/C28H39N2O9P/c1-26(2,3)38-40(33,39-27(4,5)6)34-17-20-21-22(37-28(7,8)36-21)24(35-20)30-16-19(23(31)29-25(30)32)15-14-18-12-10-9-11-13-18/h9-16,20-22,24H,17H2,1-8H3,(H,29,31,32)/t20-,21-,22-,24-/m1/s1. The molecule has 0 aliphatic carbocycles. The van der Waals surface area contributed by atoms with Gasteiger partial charge in [-0.2, -0.15) is 0 Å². The molecule has 1 N–H and O–H groups in total. The molecule has 11 nitrogen and oxygen atoms in total. The summed E-state index contributed by atoms with van der Waals surface area (Å²) < 4.78 is 50.5. The van der Waals surface area contributed by atoms with Crippen molar-refractivity contribution in [2.24, 2.45) is 0 Å². The summed E-state index contributed by atoms with van der Waals surface area (Å²) in [6.45, 7) is 13.8. The van der Waals surface area contributed by atoms with Crippen LogP contribution >= 0.6 is 7.82 Å². The highest BCUT2D eigenvalue weighted by Gasteiger charge is 2.57. The molecule has 1 aromatic carbocycles. The first-order valence-electron chi connectivity index (χ1n) is 13.2. The first kappa shape index (κ1) is 30.6. The van der Waals surface area contributed by atoms with Gasteiger partial charge in [-0.15, -0.1) is 0 Å². The normalized spacial score (nSPS) is 25.0. The molecule has 0 saturated carbocycles. The van der Waals surface area contributed by atoms with Crippen LogP contribution in [0, 0.1) is 0 Å². The van der Waals surface area contributed by atoms with E-state index in [1.165, 1.54) is 10.8 Å². The third-order valence-corrected chi connectivity index (χ3v) is 7.83. The fourth-order valence-corrected chi connectivity index (χ4v) is 6.30. The molecule has 0 radical (unpaired) electrons. The van der Waals surface area contributed by atoms with E-state index in [2.05, 4.69) is 4.98 Å². The molecule has 40 heavy (non-hydrogen) atoms. The zero-order valence-corrected chi connectivity index (χ0v) is 25.1. The predicted molar refractivity (Wildman–Crippen MR) is 150 cm³/mol. The molecule has 1 aromatic heterocycles. The average molecular weight is 579 g/mol. The Balaban J connectivity index is 1.62. The molecule has 2 aliphatic heterocycles. The zero-order chi connectivity index (χ0) is 29.5. The van der Waals surface area contributed by atoms with Gasteiger partial charge in [0.05, 0.1) is 23.4 Å². The van der Waals surface area contributed by atoms with Crippen LogP contribution in [0.5, 0.6) is 0 Å². The summed E-state index contributed by atoms with van der Waals surface area (Å²) in [5, 5.41) is 0. The fourth-order valence-electron chi connectivity index (χ4n) is 4.48. The fraction of sp³-hybridized carbons (Fsp3) is 0.571. The van der Waals surface area contributed by atoms with Gasteiger partial charge in [0.1, 0.15) is 18.3 Å². The highest BCUT2D eigenvalue weighted by Crippen LogP contribution is 2.56. The molecule has 2 aliphatic rings. The van der Waals surface area contributed by atoms with E-state index in [1.807, 2.05) is 30.3 Å². The Morgan fingerprint density at radius 1 is 0.975 bits per heavy atom. The number of benzene rings is 1. The molecule has 12 heteroatoms. The number of H-pyrrole nitrogens is 1. The van der Waals surface area contributed by atoms with Crippen molar-refractivity contribution in [3.63, 3.8) is 0 Å². The zero-order valence-electron chi connectivity index (χ0n) is 24.2. The number of phosphoric ester groups is 1. The Kier molecular flexibility index (Phi) is 8.51. The minimum atomic E-state index is -4.04. The second-order valence-corrected chi connectivity index (χ2v) is 13.8. The summed E-state index contributed by atoms with van der Waals surface area (Å²) in [5.74, 6) is -0.981. The second kappa shape index (κ2) is 11.1. The molecule has 4 rings (SSSR count). The molecular weight excluding hydrogens is 539 g/mol.